The van der Waals surface area contributed by atoms with E-state index in [0.717, 1.165) is 41.2 Å². The normalized spacial score (nSPS) is 15.0. The summed E-state index contributed by atoms with van der Waals surface area (Å²) in [5.74, 6) is 0.0875. The minimum absolute atomic E-state index is 0.0857. The molecule has 0 bridgehead atoms. The van der Waals surface area contributed by atoms with E-state index in [9.17, 15) is 9.59 Å². The zero-order valence-electron chi connectivity index (χ0n) is 15.5. The van der Waals surface area contributed by atoms with Gasteiger partial charge in [0.05, 0.1) is 0 Å². The third-order valence-electron chi connectivity index (χ3n) is 4.68. The molecule has 2 aromatic carbocycles. The van der Waals surface area contributed by atoms with E-state index < -0.39 is 0 Å². The zero-order chi connectivity index (χ0) is 18.7. The molecule has 1 atom stereocenters. The summed E-state index contributed by atoms with van der Waals surface area (Å²) in [6, 6.07) is 13.3. The maximum Gasteiger partial charge on any atom is 0.246 e. The largest absolute Gasteiger partial charge is 0.374 e. The highest BCUT2D eigenvalue weighted by Crippen LogP contribution is 2.23. The van der Waals surface area contributed by atoms with Crippen LogP contribution in [-0.4, -0.2) is 24.4 Å². The zero-order valence-corrected chi connectivity index (χ0v) is 15.5. The summed E-state index contributed by atoms with van der Waals surface area (Å²) in [5.41, 5.74) is 4.75. The number of nitrogens with one attached hydrogen (secondary N) is 2. The van der Waals surface area contributed by atoms with Gasteiger partial charge in [0.1, 0.15) is 6.04 Å². The van der Waals surface area contributed by atoms with Crippen LogP contribution < -0.4 is 15.5 Å². The highest BCUT2D eigenvalue weighted by Gasteiger charge is 2.21. The Bertz CT molecular complexity index is 815. The van der Waals surface area contributed by atoms with Crippen molar-refractivity contribution in [2.75, 3.05) is 22.1 Å². The molecule has 0 saturated carbocycles. The van der Waals surface area contributed by atoms with Crippen molar-refractivity contribution < 1.29 is 9.59 Å². The highest BCUT2D eigenvalue weighted by atomic mass is 16.2. The molecule has 1 fully saturated rings. The Balaban J connectivity index is 1.62. The molecule has 2 N–H and O–H groups in total. The summed E-state index contributed by atoms with van der Waals surface area (Å²) in [6.07, 6.45) is 1.53. The maximum atomic E-state index is 12.5. The molecule has 0 spiro atoms. The standard InChI is InChI=1S/C21H25N3O2/c1-14-6-7-15(2)19(13-14)23-21(26)16(3)22-17-8-10-18(11-9-17)24-12-4-5-20(24)25/h6-11,13,16,22H,4-5,12H2,1-3H3,(H,23,26)/t16-/m1/s1. The van der Waals surface area contributed by atoms with Crippen LogP contribution in [0.25, 0.3) is 0 Å². The number of hydrogen-bond donors (Lipinski definition) is 2. The van der Waals surface area contributed by atoms with Crippen molar-refractivity contribution in [3.05, 3.63) is 53.6 Å². The van der Waals surface area contributed by atoms with Crippen LogP contribution >= 0.6 is 0 Å². The van der Waals surface area contributed by atoms with Gasteiger partial charge >= 0.3 is 0 Å². The minimum Gasteiger partial charge on any atom is -0.374 e. The fraction of sp³-hybridized carbons (Fsp3) is 0.333. The lowest BCUT2D eigenvalue weighted by atomic mass is 10.1. The first-order valence-corrected chi connectivity index (χ1v) is 8.99. The first kappa shape index (κ1) is 18.0. The Hall–Kier alpha value is -2.82. The van der Waals surface area contributed by atoms with Crippen molar-refractivity contribution in [2.45, 2.75) is 39.7 Å². The molecule has 1 aliphatic heterocycles. The Morgan fingerprint density at radius 3 is 2.50 bits per heavy atom. The number of carbonyl (C=O) groups excluding carboxylic acids is 2. The minimum atomic E-state index is -0.380. The molecule has 26 heavy (non-hydrogen) atoms. The van der Waals surface area contributed by atoms with Gasteiger partial charge in [0.25, 0.3) is 0 Å². The predicted octanol–water partition coefficient (Wildman–Crippen LogP) is 3.87. The van der Waals surface area contributed by atoms with Gasteiger partial charge in [-0.25, -0.2) is 0 Å². The Morgan fingerprint density at radius 1 is 1.12 bits per heavy atom. The molecule has 5 nitrogen and oxygen atoms in total. The van der Waals surface area contributed by atoms with Crippen LogP contribution in [-0.2, 0) is 9.59 Å². The summed E-state index contributed by atoms with van der Waals surface area (Å²) in [6.45, 7) is 6.59. The van der Waals surface area contributed by atoms with Gasteiger partial charge < -0.3 is 15.5 Å². The first-order chi connectivity index (χ1) is 12.4. The van der Waals surface area contributed by atoms with Gasteiger partial charge in [0, 0.05) is 30.0 Å². The van der Waals surface area contributed by atoms with E-state index >= 15 is 0 Å². The van der Waals surface area contributed by atoms with Gasteiger partial charge in [-0.05, 0) is 68.7 Å². The molecule has 0 radical (unpaired) electrons. The number of aryl methyl sites for hydroxylation is 2. The molecule has 3 rings (SSSR count). The molecule has 1 heterocycles. The molecule has 136 valence electrons. The average Bonchev–Trinajstić information content (AvgIpc) is 3.04. The third kappa shape index (κ3) is 4.04. The summed E-state index contributed by atoms with van der Waals surface area (Å²) in [7, 11) is 0. The molecule has 0 aliphatic carbocycles. The van der Waals surface area contributed by atoms with Crippen molar-refractivity contribution in [1.82, 2.24) is 0 Å². The topological polar surface area (TPSA) is 61.4 Å². The van der Waals surface area contributed by atoms with Crippen LogP contribution in [0, 0.1) is 13.8 Å². The number of carbonyl (C=O) groups is 2. The second-order valence-electron chi connectivity index (χ2n) is 6.87. The fourth-order valence-corrected chi connectivity index (χ4v) is 3.09. The number of rotatable bonds is 5. The maximum absolute atomic E-state index is 12.5. The molecule has 1 aliphatic rings. The van der Waals surface area contributed by atoms with Crippen LogP contribution in [0.5, 0.6) is 0 Å². The van der Waals surface area contributed by atoms with Gasteiger partial charge in [-0.3, -0.25) is 9.59 Å². The van der Waals surface area contributed by atoms with Crippen molar-refractivity contribution >= 4 is 28.9 Å². The van der Waals surface area contributed by atoms with E-state index in [-0.39, 0.29) is 17.9 Å². The molecule has 5 heteroatoms. The lowest BCUT2D eigenvalue weighted by molar-refractivity contribution is -0.117. The molecular weight excluding hydrogens is 326 g/mol. The van der Waals surface area contributed by atoms with Crippen LogP contribution in [0.15, 0.2) is 42.5 Å². The highest BCUT2D eigenvalue weighted by molar-refractivity contribution is 5.97. The summed E-state index contributed by atoms with van der Waals surface area (Å²) >= 11 is 0. The van der Waals surface area contributed by atoms with Gasteiger partial charge in [0.15, 0.2) is 0 Å². The molecule has 2 amide bonds. The molecular formula is C21H25N3O2. The molecule has 0 unspecified atom stereocenters. The summed E-state index contributed by atoms with van der Waals surface area (Å²) in [4.78, 5) is 26.1. The monoisotopic (exact) mass is 351 g/mol. The SMILES string of the molecule is Cc1ccc(C)c(NC(=O)[C@@H](C)Nc2ccc(N3CCCC3=O)cc2)c1. The van der Waals surface area contributed by atoms with Crippen molar-refractivity contribution in [1.29, 1.82) is 0 Å². The van der Waals surface area contributed by atoms with E-state index in [0.29, 0.717) is 6.42 Å². The van der Waals surface area contributed by atoms with Crippen LogP contribution in [0.2, 0.25) is 0 Å². The van der Waals surface area contributed by atoms with Gasteiger partial charge in [-0.1, -0.05) is 12.1 Å². The lowest BCUT2D eigenvalue weighted by Crippen LogP contribution is -2.32. The third-order valence-corrected chi connectivity index (χ3v) is 4.68. The molecule has 2 aromatic rings. The van der Waals surface area contributed by atoms with E-state index in [4.69, 9.17) is 0 Å². The number of nitrogens with zero attached hydrogens (tertiary/aromatic N) is 1. The second-order valence-corrected chi connectivity index (χ2v) is 6.87. The number of hydrogen-bond acceptors (Lipinski definition) is 3. The van der Waals surface area contributed by atoms with E-state index in [1.807, 2.05) is 63.2 Å². The van der Waals surface area contributed by atoms with Crippen LogP contribution in [0.3, 0.4) is 0 Å². The number of amides is 2. The average molecular weight is 351 g/mol. The number of benzene rings is 2. The smallest absolute Gasteiger partial charge is 0.246 e. The Labute approximate surface area is 154 Å². The first-order valence-electron chi connectivity index (χ1n) is 8.99. The Kier molecular flexibility index (Phi) is 5.26. The van der Waals surface area contributed by atoms with Crippen LogP contribution in [0.4, 0.5) is 17.1 Å². The van der Waals surface area contributed by atoms with Crippen molar-refractivity contribution in [2.24, 2.45) is 0 Å². The quantitative estimate of drug-likeness (QED) is 0.860. The summed E-state index contributed by atoms with van der Waals surface area (Å²) < 4.78 is 0. The van der Waals surface area contributed by atoms with E-state index in [1.54, 1.807) is 4.90 Å². The Morgan fingerprint density at radius 2 is 1.85 bits per heavy atom. The van der Waals surface area contributed by atoms with Crippen molar-refractivity contribution in [3.63, 3.8) is 0 Å². The second kappa shape index (κ2) is 7.60. The van der Waals surface area contributed by atoms with Crippen molar-refractivity contribution in [3.8, 4) is 0 Å². The van der Waals surface area contributed by atoms with E-state index in [2.05, 4.69) is 10.6 Å². The number of anilines is 3. The molecule has 1 saturated heterocycles. The summed E-state index contributed by atoms with van der Waals surface area (Å²) in [5, 5.41) is 6.19. The van der Waals surface area contributed by atoms with Gasteiger partial charge in [-0.15, -0.1) is 0 Å². The van der Waals surface area contributed by atoms with Gasteiger partial charge in [-0.2, -0.15) is 0 Å². The molecule has 0 aromatic heterocycles. The van der Waals surface area contributed by atoms with Crippen LogP contribution in [0.1, 0.15) is 30.9 Å². The van der Waals surface area contributed by atoms with E-state index in [1.165, 1.54) is 0 Å². The lowest BCUT2D eigenvalue weighted by Gasteiger charge is -2.19. The van der Waals surface area contributed by atoms with Gasteiger partial charge in [0.2, 0.25) is 11.8 Å². The predicted molar refractivity (Wildman–Crippen MR) is 106 cm³/mol. The fourth-order valence-electron chi connectivity index (χ4n) is 3.09.